The van der Waals surface area contributed by atoms with Crippen LogP contribution in [0.15, 0.2) is 0 Å². The Labute approximate surface area is 139 Å². The van der Waals surface area contributed by atoms with Gasteiger partial charge in [0.2, 0.25) is 5.91 Å². The fourth-order valence-electron chi connectivity index (χ4n) is 3.62. The molecule has 2 saturated carbocycles. The van der Waals surface area contributed by atoms with Crippen LogP contribution >= 0.6 is 0 Å². The third-order valence-corrected chi connectivity index (χ3v) is 4.99. The number of nitrogens with one attached hydrogen (secondary N) is 1. The number of ether oxygens (including phenoxy) is 1. The number of carbonyl (C=O) groups is 2. The second-order valence-electron chi connectivity index (χ2n) is 8.05. The Morgan fingerprint density at radius 1 is 1.22 bits per heavy atom. The monoisotopic (exact) mass is 325 g/mol. The zero-order chi connectivity index (χ0) is 17.0. The summed E-state index contributed by atoms with van der Waals surface area (Å²) in [5.74, 6) is 0.125. The van der Waals surface area contributed by atoms with Crippen molar-refractivity contribution in [1.82, 2.24) is 5.32 Å². The fraction of sp³-hybridized carbons (Fsp3) is 0.889. The molecule has 1 amide bonds. The smallest absolute Gasteiger partial charge is 0.326 e. The van der Waals surface area contributed by atoms with Crippen LogP contribution in [0, 0.1) is 17.8 Å². The maximum atomic E-state index is 12.3. The third-order valence-electron chi connectivity index (χ3n) is 4.99. The quantitative estimate of drug-likeness (QED) is 0.754. The molecule has 0 bridgehead atoms. The number of aliphatic carboxylic acids is 1. The number of carboxylic acid groups (broad SMARTS) is 1. The largest absolute Gasteiger partial charge is 0.480 e. The summed E-state index contributed by atoms with van der Waals surface area (Å²) < 4.78 is 5.57. The number of rotatable bonds is 7. The summed E-state index contributed by atoms with van der Waals surface area (Å²) in [4.78, 5) is 23.7. The zero-order valence-corrected chi connectivity index (χ0v) is 14.6. The molecular formula is C18H31NO4. The Kier molecular flexibility index (Phi) is 6.06. The lowest BCUT2D eigenvalue weighted by atomic mass is 9.85. The molecule has 5 heteroatoms. The Hall–Kier alpha value is -1.10. The van der Waals surface area contributed by atoms with E-state index in [1.54, 1.807) is 0 Å². The second kappa shape index (κ2) is 7.65. The van der Waals surface area contributed by atoms with Gasteiger partial charge in [-0.15, -0.1) is 0 Å². The minimum atomic E-state index is -0.981. The zero-order valence-electron chi connectivity index (χ0n) is 14.6. The summed E-state index contributed by atoms with van der Waals surface area (Å²) in [7, 11) is 0. The number of hydrogen-bond acceptors (Lipinski definition) is 3. The second-order valence-corrected chi connectivity index (χ2v) is 8.05. The molecule has 5 nitrogen and oxygen atoms in total. The van der Waals surface area contributed by atoms with Gasteiger partial charge in [0.05, 0.1) is 5.60 Å². The van der Waals surface area contributed by atoms with Crippen LogP contribution in [-0.4, -0.2) is 35.2 Å². The van der Waals surface area contributed by atoms with Crippen molar-refractivity contribution >= 4 is 11.9 Å². The first-order chi connectivity index (χ1) is 10.8. The fourth-order valence-corrected chi connectivity index (χ4v) is 3.62. The first kappa shape index (κ1) is 18.2. The van der Waals surface area contributed by atoms with E-state index >= 15 is 0 Å². The molecule has 0 aliphatic heterocycles. The van der Waals surface area contributed by atoms with Crippen molar-refractivity contribution in [2.45, 2.75) is 77.4 Å². The minimum Gasteiger partial charge on any atom is -0.480 e. The highest BCUT2D eigenvalue weighted by atomic mass is 16.5. The molecule has 132 valence electrons. The van der Waals surface area contributed by atoms with Crippen LogP contribution in [0.5, 0.6) is 0 Å². The molecule has 2 aliphatic carbocycles. The SMILES string of the molecule is CC(C)(C)OCCC(NC(=O)C1CC1C1CCCCC1)C(=O)O. The van der Waals surface area contributed by atoms with E-state index in [1.807, 2.05) is 20.8 Å². The maximum absolute atomic E-state index is 12.3. The van der Waals surface area contributed by atoms with Crippen molar-refractivity contribution in [2.24, 2.45) is 17.8 Å². The molecule has 3 atom stereocenters. The molecule has 0 aromatic heterocycles. The average Bonchev–Trinajstić information content (AvgIpc) is 3.26. The summed E-state index contributed by atoms with van der Waals surface area (Å²) in [5, 5.41) is 12.0. The van der Waals surface area contributed by atoms with Gasteiger partial charge in [0.25, 0.3) is 0 Å². The van der Waals surface area contributed by atoms with Crippen LogP contribution in [0.4, 0.5) is 0 Å². The van der Waals surface area contributed by atoms with Crippen molar-refractivity contribution < 1.29 is 19.4 Å². The summed E-state index contributed by atoms with van der Waals surface area (Å²) >= 11 is 0. The van der Waals surface area contributed by atoms with E-state index < -0.39 is 12.0 Å². The predicted molar refractivity (Wildman–Crippen MR) is 88.1 cm³/mol. The van der Waals surface area contributed by atoms with Gasteiger partial charge in [-0.25, -0.2) is 4.79 Å². The highest BCUT2D eigenvalue weighted by molar-refractivity contribution is 5.86. The lowest BCUT2D eigenvalue weighted by Gasteiger charge is -2.22. The first-order valence-electron chi connectivity index (χ1n) is 8.95. The lowest BCUT2D eigenvalue weighted by Crippen LogP contribution is -2.43. The van der Waals surface area contributed by atoms with E-state index in [9.17, 15) is 14.7 Å². The van der Waals surface area contributed by atoms with E-state index in [1.165, 1.54) is 32.1 Å². The van der Waals surface area contributed by atoms with Gasteiger partial charge >= 0.3 is 5.97 Å². The molecule has 0 aromatic rings. The van der Waals surface area contributed by atoms with Gasteiger partial charge < -0.3 is 15.2 Å². The number of carboxylic acids is 1. The molecule has 0 heterocycles. The van der Waals surface area contributed by atoms with E-state index in [-0.39, 0.29) is 17.4 Å². The number of amides is 1. The molecule has 2 aliphatic rings. The van der Waals surface area contributed by atoms with Gasteiger partial charge in [-0.1, -0.05) is 32.1 Å². The van der Waals surface area contributed by atoms with Gasteiger partial charge in [0.15, 0.2) is 0 Å². The van der Waals surface area contributed by atoms with Crippen molar-refractivity contribution in [3.63, 3.8) is 0 Å². The summed E-state index contributed by atoms with van der Waals surface area (Å²) in [6.45, 7) is 6.12. The predicted octanol–water partition coefficient (Wildman–Crippen LogP) is 2.98. The van der Waals surface area contributed by atoms with Crippen LogP contribution in [0.1, 0.15) is 65.7 Å². The van der Waals surface area contributed by atoms with Crippen LogP contribution in [-0.2, 0) is 14.3 Å². The lowest BCUT2D eigenvalue weighted by molar-refractivity contribution is -0.143. The summed E-state index contributed by atoms with van der Waals surface area (Å²) in [6.07, 6.45) is 7.57. The molecule has 0 spiro atoms. The van der Waals surface area contributed by atoms with Crippen molar-refractivity contribution in [1.29, 1.82) is 0 Å². The van der Waals surface area contributed by atoms with Crippen molar-refractivity contribution in [3.8, 4) is 0 Å². The van der Waals surface area contributed by atoms with Gasteiger partial charge in [-0.3, -0.25) is 4.79 Å². The highest BCUT2D eigenvalue weighted by Crippen LogP contribution is 2.49. The van der Waals surface area contributed by atoms with Crippen molar-refractivity contribution in [2.75, 3.05) is 6.61 Å². The van der Waals surface area contributed by atoms with Gasteiger partial charge in [-0.05, 0) is 39.0 Å². The molecular weight excluding hydrogens is 294 g/mol. The topological polar surface area (TPSA) is 75.6 Å². The van der Waals surface area contributed by atoms with E-state index in [0.29, 0.717) is 24.9 Å². The summed E-state index contributed by atoms with van der Waals surface area (Å²) in [6, 6.07) is -0.850. The maximum Gasteiger partial charge on any atom is 0.326 e. The van der Waals surface area contributed by atoms with Gasteiger partial charge in [-0.2, -0.15) is 0 Å². The molecule has 2 N–H and O–H groups in total. The van der Waals surface area contributed by atoms with Crippen LogP contribution in [0.25, 0.3) is 0 Å². The van der Waals surface area contributed by atoms with Crippen molar-refractivity contribution in [3.05, 3.63) is 0 Å². The minimum absolute atomic E-state index is 0.0310. The average molecular weight is 325 g/mol. The van der Waals surface area contributed by atoms with Crippen LogP contribution < -0.4 is 5.32 Å². The molecule has 0 aromatic carbocycles. The Balaban J connectivity index is 1.76. The molecule has 2 fully saturated rings. The highest BCUT2D eigenvalue weighted by Gasteiger charge is 2.47. The van der Waals surface area contributed by atoms with E-state index in [0.717, 1.165) is 6.42 Å². The van der Waals surface area contributed by atoms with Crippen LogP contribution in [0.3, 0.4) is 0 Å². The van der Waals surface area contributed by atoms with Gasteiger partial charge in [0.1, 0.15) is 6.04 Å². The Morgan fingerprint density at radius 2 is 1.87 bits per heavy atom. The Morgan fingerprint density at radius 3 is 2.43 bits per heavy atom. The molecule has 3 unspecified atom stereocenters. The number of carbonyl (C=O) groups excluding carboxylic acids is 1. The van der Waals surface area contributed by atoms with E-state index in [2.05, 4.69) is 5.32 Å². The first-order valence-corrected chi connectivity index (χ1v) is 8.95. The summed E-state index contributed by atoms with van der Waals surface area (Å²) in [5.41, 5.74) is -0.296. The van der Waals surface area contributed by atoms with E-state index in [4.69, 9.17) is 4.74 Å². The standard InChI is InChI=1S/C18H31NO4/c1-18(2,3)23-10-9-15(17(21)22)19-16(20)14-11-13(14)12-7-5-4-6-8-12/h12-15H,4-11H2,1-3H3,(H,19,20)(H,21,22). The van der Waals surface area contributed by atoms with Crippen LogP contribution in [0.2, 0.25) is 0 Å². The normalized spacial score (nSPS) is 26.6. The third kappa shape index (κ3) is 5.79. The Bertz CT molecular complexity index is 423. The van der Waals surface area contributed by atoms with Gasteiger partial charge in [0, 0.05) is 18.9 Å². The molecule has 2 rings (SSSR count). The number of hydrogen-bond donors (Lipinski definition) is 2. The molecule has 0 saturated heterocycles. The molecule has 0 radical (unpaired) electrons. The molecule has 23 heavy (non-hydrogen) atoms.